The summed E-state index contributed by atoms with van der Waals surface area (Å²) in [7, 11) is 0. The minimum absolute atomic E-state index is 0.205. The molecule has 0 saturated heterocycles. The number of nitrogens with one attached hydrogen (secondary N) is 1. The summed E-state index contributed by atoms with van der Waals surface area (Å²) in [4.78, 5) is 28.7. The summed E-state index contributed by atoms with van der Waals surface area (Å²) in [5, 5.41) is 3.74. The molecule has 0 aliphatic rings. The number of hydrogen-bond acceptors (Lipinski definition) is 5. The molecule has 2 aromatic carbocycles. The van der Waals surface area contributed by atoms with Crippen LogP contribution < -0.4 is 5.32 Å². The van der Waals surface area contributed by atoms with Gasteiger partial charge in [-0.3, -0.25) is 9.59 Å². The fourth-order valence-corrected chi connectivity index (χ4v) is 3.87. The number of hydrogen-bond donors (Lipinski definition) is 1. The number of aromatic nitrogens is 1. The van der Waals surface area contributed by atoms with Crippen molar-refractivity contribution >= 4 is 39.1 Å². The largest absolute Gasteiger partial charge is 0.456 e. The van der Waals surface area contributed by atoms with E-state index in [4.69, 9.17) is 4.74 Å². The van der Waals surface area contributed by atoms with Crippen molar-refractivity contribution in [2.45, 2.75) is 39.0 Å². The van der Waals surface area contributed by atoms with E-state index >= 15 is 0 Å². The third kappa shape index (κ3) is 5.16. The van der Waals surface area contributed by atoms with E-state index in [-0.39, 0.29) is 18.9 Å². The lowest BCUT2D eigenvalue weighted by atomic mass is 9.97. The van der Waals surface area contributed by atoms with Gasteiger partial charge in [0, 0.05) is 12.1 Å². The molecule has 146 valence electrons. The molecule has 1 unspecified atom stereocenters. The molecule has 3 rings (SSSR count). The van der Waals surface area contributed by atoms with E-state index in [9.17, 15) is 9.59 Å². The quantitative estimate of drug-likeness (QED) is 0.549. The number of nitrogens with zero attached hydrogens (tertiary/aromatic N) is 1. The van der Waals surface area contributed by atoms with Gasteiger partial charge < -0.3 is 10.1 Å². The van der Waals surface area contributed by atoms with Gasteiger partial charge in [0.15, 0.2) is 6.61 Å². The van der Waals surface area contributed by atoms with Gasteiger partial charge in [-0.1, -0.05) is 44.2 Å². The first-order chi connectivity index (χ1) is 13.6. The van der Waals surface area contributed by atoms with E-state index in [2.05, 4.69) is 24.1 Å². The van der Waals surface area contributed by atoms with Crippen molar-refractivity contribution in [3.63, 3.8) is 0 Å². The number of anilines is 1. The maximum atomic E-state index is 12.2. The number of esters is 1. The zero-order valence-electron chi connectivity index (χ0n) is 16.1. The number of carbonyl (C=O) groups is 2. The normalized spacial score (nSPS) is 11.9. The van der Waals surface area contributed by atoms with E-state index in [0.717, 1.165) is 32.9 Å². The van der Waals surface area contributed by atoms with Crippen molar-refractivity contribution in [3.05, 3.63) is 59.1 Å². The van der Waals surface area contributed by atoms with Crippen LogP contribution in [0.15, 0.2) is 48.5 Å². The highest BCUT2D eigenvalue weighted by Crippen LogP contribution is 2.26. The van der Waals surface area contributed by atoms with Crippen molar-refractivity contribution < 1.29 is 14.3 Å². The topological polar surface area (TPSA) is 68.3 Å². The zero-order valence-corrected chi connectivity index (χ0v) is 16.9. The number of amides is 1. The molecule has 1 heterocycles. The highest BCUT2D eigenvalue weighted by atomic mass is 32.1. The summed E-state index contributed by atoms with van der Waals surface area (Å²) in [6, 6.07) is 15.6. The molecular formula is C22H24N2O3S. The number of thiazole rings is 1. The summed E-state index contributed by atoms with van der Waals surface area (Å²) in [6.07, 6.45) is 1.70. The molecule has 1 aromatic heterocycles. The van der Waals surface area contributed by atoms with Gasteiger partial charge in [0.2, 0.25) is 0 Å². The van der Waals surface area contributed by atoms with Crippen LogP contribution >= 0.6 is 11.3 Å². The molecule has 5 nitrogen and oxygen atoms in total. The zero-order chi connectivity index (χ0) is 19.9. The molecule has 1 amide bonds. The lowest BCUT2D eigenvalue weighted by molar-refractivity contribution is -0.147. The first-order valence-corrected chi connectivity index (χ1v) is 10.3. The van der Waals surface area contributed by atoms with Gasteiger partial charge in [-0.2, -0.15) is 0 Å². The van der Waals surface area contributed by atoms with Crippen LogP contribution in [0.2, 0.25) is 0 Å². The smallest absolute Gasteiger partial charge is 0.306 e. The summed E-state index contributed by atoms with van der Waals surface area (Å²) in [5.74, 6) is -0.387. The monoisotopic (exact) mass is 396 g/mol. The Kier molecular flexibility index (Phi) is 6.76. The number of ether oxygens (including phenoxy) is 1. The molecule has 28 heavy (non-hydrogen) atoms. The number of fused-ring (bicyclic) bond motifs is 1. The predicted octanol–water partition coefficient (Wildman–Crippen LogP) is 4.92. The third-order valence-electron chi connectivity index (χ3n) is 4.62. The summed E-state index contributed by atoms with van der Waals surface area (Å²) >= 11 is 1.57. The molecular weight excluding hydrogens is 372 g/mol. The maximum absolute atomic E-state index is 12.2. The Morgan fingerprint density at radius 2 is 1.89 bits per heavy atom. The van der Waals surface area contributed by atoms with Gasteiger partial charge >= 0.3 is 5.97 Å². The Bertz CT molecular complexity index is 934. The second-order valence-electron chi connectivity index (χ2n) is 6.68. The molecule has 0 aliphatic carbocycles. The molecule has 0 radical (unpaired) electrons. The Morgan fingerprint density at radius 1 is 1.14 bits per heavy atom. The number of rotatable bonds is 8. The van der Waals surface area contributed by atoms with Crippen LogP contribution in [0.25, 0.3) is 10.2 Å². The standard InChI is InChI=1S/C22H24N2O3S/c1-3-15(2)16-8-4-5-9-17(16)23-20(25)14-27-22(26)13-12-21-24-18-10-6-7-11-19(18)28-21/h4-11,15H,3,12-14H2,1-2H3,(H,23,25). The summed E-state index contributed by atoms with van der Waals surface area (Å²) in [6.45, 7) is 3.94. The minimum atomic E-state index is -0.399. The van der Waals surface area contributed by atoms with Gasteiger partial charge in [0.1, 0.15) is 0 Å². The number of benzene rings is 2. The van der Waals surface area contributed by atoms with Crippen LogP contribution in [0.3, 0.4) is 0 Å². The van der Waals surface area contributed by atoms with Crippen molar-refractivity contribution in [2.75, 3.05) is 11.9 Å². The molecule has 1 atom stereocenters. The molecule has 6 heteroatoms. The van der Waals surface area contributed by atoms with Crippen molar-refractivity contribution in [3.8, 4) is 0 Å². The van der Waals surface area contributed by atoms with Crippen molar-refractivity contribution in [1.82, 2.24) is 4.98 Å². The molecule has 1 N–H and O–H groups in total. The van der Waals surface area contributed by atoms with Crippen LogP contribution in [0, 0.1) is 0 Å². The highest BCUT2D eigenvalue weighted by molar-refractivity contribution is 7.18. The number of aryl methyl sites for hydroxylation is 1. The molecule has 3 aromatic rings. The Hall–Kier alpha value is -2.73. The predicted molar refractivity (Wildman–Crippen MR) is 113 cm³/mol. The number of carbonyl (C=O) groups excluding carboxylic acids is 2. The average Bonchev–Trinajstić information content (AvgIpc) is 3.13. The van der Waals surface area contributed by atoms with Crippen LogP contribution in [0.5, 0.6) is 0 Å². The Balaban J connectivity index is 1.47. The lowest BCUT2D eigenvalue weighted by Crippen LogP contribution is -2.21. The second kappa shape index (κ2) is 9.46. The van der Waals surface area contributed by atoms with E-state index in [1.54, 1.807) is 11.3 Å². The van der Waals surface area contributed by atoms with Crippen LogP contribution in [-0.2, 0) is 20.7 Å². The van der Waals surface area contributed by atoms with Gasteiger partial charge in [-0.15, -0.1) is 11.3 Å². The number of para-hydroxylation sites is 2. The van der Waals surface area contributed by atoms with E-state index < -0.39 is 5.97 Å². The van der Waals surface area contributed by atoms with Crippen molar-refractivity contribution in [2.24, 2.45) is 0 Å². The van der Waals surface area contributed by atoms with Gasteiger partial charge in [-0.25, -0.2) is 4.98 Å². The second-order valence-corrected chi connectivity index (χ2v) is 7.80. The SMILES string of the molecule is CCC(C)c1ccccc1NC(=O)COC(=O)CCc1nc2ccccc2s1. The summed E-state index contributed by atoms with van der Waals surface area (Å²) in [5.41, 5.74) is 2.79. The minimum Gasteiger partial charge on any atom is -0.456 e. The first kappa shape index (κ1) is 20.0. The van der Waals surface area contributed by atoms with Gasteiger partial charge in [0.25, 0.3) is 5.91 Å². The Morgan fingerprint density at radius 3 is 2.68 bits per heavy atom. The summed E-state index contributed by atoms with van der Waals surface area (Å²) < 4.78 is 6.23. The molecule has 0 bridgehead atoms. The van der Waals surface area contributed by atoms with E-state index in [0.29, 0.717) is 12.3 Å². The fraction of sp³-hybridized carbons (Fsp3) is 0.318. The molecule has 0 saturated carbocycles. The van der Waals surface area contributed by atoms with Gasteiger partial charge in [-0.05, 0) is 36.1 Å². The lowest BCUT2D eigenvalue weighted by Gasteiger charge is -2.15. The van der Waals surface area contributed by atoms with Crippen molar-refractivity contribution in [1.29, 1.82) is 0 Å². The van der Waals surface area contributed by atoms with E-state index in [1.807, 2.05) is 48.5 Å². The Labute approximate surface area is 168 Å². The average molecular weight is 397 g/mol. The van der Waals surface area contributed by atoms with Crippen LogP contribution in [-0.4, -0.2) is 23.5 Å². The first-order valence-electron chi connectivity index (χ1n) is 9.45. The molecule has 0 aliphatic heterocycles. The van der Waals surface area contributed by atoms with Gasteiger partial charge in [0.05, 0.1) is 21.6 Å². The van der Waals surface area contributed by atoms with E-state index in [1.165, 1.54) is 0 Å². The maximum Gasteiger partial charge on any atom is 0.306 e. The fourth-order valence-electron chi connectivity index (χ4n) is 2.90. The molecule has 0 fully saturated rings. The highest BCUT2D eigenvalue weighted by Gasteiger charge is 2.13. The molecule has 0 spiro atoms. The third-order valence-corrected chi connectivity index (χ3v) is 5.72. The van der Waals surface area contributed by atoms with Crippen LogP contribution in [0.1, 0.15) is 43.2 Å². The van der Waals surface area contributed by atoms with Crippen LogP contribution in [0.4, 0.5) is 5.69 Å².